The molecule has 7 heteroatoms. The standard InChI is InChI=1S/C14H25N3O4/c1-10(8-15-13(18)21-14(2,3)4)20-12-7-11(9-19-6)16-17(12)5/h7,10H,8-9H2,1-6H3,(H,15,18)/t10-/m0/s1. The van der Waals surface area contributed by atoms with Gasteiger partial charge in [0.25, 0.3) is 0 Å². The van der Waals surface area contributed by atoms with E-state index in [0.717, 1.165) is 5.69 Å². The van der Waals surface area contributed by atoms with E-state index in [1.54, 1.807) is 18.8 Å². The van der Waals surface area contributed by atoms with Crippen LogP contribution in [0.4, 0.5) is 4.79 Å². The Hall–Kier alpha value is -1.76. The zero-order chi connectivity index (χ0) is 16.0. The Morgan fingerprint density at radius 1 is 1.48 bits per heavy atom. The van der Waals surface area contributed by atoms with E-state index in [-0.39, 0.29) is 6.10 Å². The lowest BCUT2D eigenvalue weighted by Crippen LogP contribution is -2.37. The van der Waals surface area contributed by atoms with Crippen LogP contribution in [0.1, 0.15) is 33.4 Å². The highest BCUT2D eigenvalue weighted by molar-refractivity contribution is 5.67. The molecular formula is C14H25N3O4. The molecule has 1 atom stereocenters. The van der Waals surface area contributed by atoms with Crippen LogP contribution in [-0.2, 0) is 23.1 Å². The number of rotatable bonds is 6. The SMILES string of the molecule is COCc1cc(O[C@@H](C)CNC(=O)OC(C)(C)C)n(C)n1. The highest BCUT2D eigenvalue weighted by Gasteiger charge is 2.17. The Morgan fingerprint density at radius 2 is 2.14 bits per heavy atom. The third kappa shape index (κ3) is 6.48. The maximum Gasteiger partial charge on any atom is 0.407 e. The lowest BCUT2D eigenvalue weighted by Gasteiger charge is -2.21. The first kappa shape index (κ1) is 17.3. The molecule has 0 saturated heterocycles. The number of amides is 1. The number of carbonyl (C=O) groups is 1. The summed E-state index contributed by atoms with van der Waals surface area (Å²) in [6.45, 7) is 8.10. The fourth-order valence-electron chi connectivity index (χ4n) is 1.62. The molecule has 1 N–H and O–H groups in total. The Labute approximate surface area is 125 Å². The lowest BCUT2D eigenvalue weighted by atomic mass is 10.2. The van der Waals surface area contributed by atoms with Gasteiger partial charge in [0.05, 0.1) is 18.8 Å². The van der Waals surface area contributed by atoms with E-state index >= 15 is 0 Å². The molecule has 0 fully saturated rings. The fraction of sp³-hybridized carbons (Fsp3) is 0.714. The van der Waals surface area contributed by atoms with Crippen molar-refractivity contribution in [1.29, 1.82) is 0 Å². The first-order chi connectivity index (χ1) is 9.71. The van der Waals surface area contributed by atoms with E-state index in [2.05, 4.69) is 10.4 Å². The Balaban J connectivity index is 2.43. The zero-order valence-corrected chi connectivity index (χ0v) is 13.6. The van der Waals surface area contributed by atoms with Crippen LogP contribution in [0.2, 0.25) is 0 Å². The van der Waals surface area contributed by atoms with Gasteiger partial charge in [0.1, 0.15) is 11.7 Å². The molecule has 0 bridgehead atoms. The number of alkyl carbamates (subject to hydrolysis) is 1. The second kappa shape index (κ2) is 7.31. The average molecular weight is 299 g/mol. The molecule has 1 aromatic heterocycles. The lowest BCUT2D eigenvalue weighted by molar-refractivity contribution is 0.0503. The summed E-state index contributed by atoms with van der Waals surface area (Å²) in [6, 6.07) is 1.81. The van der Waals surface area contributed by atoms with Crippen molar-refractivity contribution in [3.63, 3.8) is 0 Å². The van der Waals surface area contributed by atoms with E-state index < -0.39 is 11.7 Å². The highest BCUT2D eigenvalue weighted by atomic mass is 16.6. The highest BCUT2D eigenvalue weighted by Crippen LogP contribution is 2.14. The van der Waals surface area contributed by atoms with Crippen LogP contribution < -0.4 is 10.1 Å². The van der Waals surface area contributed by atoms with Gasteiger partial charge in [-0.25, -0.2) is 9.48 Å². The van der Waals surface area contributed by atoms with Gasteiger partial charge < -0.3 is 19.5 Å². The van der Waals surface area contributed by atoms with Crippen molar-refractivity contribution in [2.75, 3.05) is 13.7 Å². The molecule has 0 aromatic carbocycles. The summed E-state index contributed by atoms with van der Waals surface area (Å²) in [5.74, 6) is 0.625. The second-order valence-corrected chi connectivity index (χ2v) is 5.84. The molecule has 1 rings (SSSR count). The van der Waals surface area contributed by atoms with Crippen molar-refractivity contribution in [3.05, 3.63) is 11.8 Å². The molecule has 1 aromatic rings. The average Bonchev–Trinajstić information content (AvgIpc) is 2.65. The van der Waals surface area contributed by atoms with Gasteiger partial charge >= 0.3 is 6.09 Å². The van der Waals surface area contributed by atoms with E-state index in [1.165, 1.54) is 0 Å². The van der Waals surface area contributed by atoms with Gasteiger partial charge in [0.15, 0.2) is 0 Å². The smallest absolute Gasteiger partial charge is 0.407 e. The number of ether oxygens (including phenoxy) is 3. The fourth-order valence-corrected chi connectivity index (χ4v) is 1.62. The normalized spacial score (nSPS) is 12.9. The van der Waals surface area contributed by atoms with E-state index in [0.29, 0.717) is 19.0 Å². The number of hydrogen-bond acceptors (Lipinski definition) is 5. The molecule has 0 saturated carbocycles. The number of aromatic nitrogens is 2. The number of carbonyl (C=O) groups excluding carboxylic acids is 1. The molecule has 0 aliphatic rings. The molecule has 1 heterocycles. The van der Waals surface area contributed by atoms with Crippen LogP contribution in [0.5, 0.6) is 5.88 Å². The molecule has 7 nitrogen and oxygen atoms in total. The van der Waals surface area contributed by atoms with Gasteiger partial charge in [-0.1, -0.05) is 0 Å². The Morgan fingerprint density at radius 3 is 2.71 bits per heavy atom. The summed E-state index contributed by atoms with van der Waals surface area (Å²) in [5.41, 5.74) is 0.285. The zero-order valence-electron chi connectivity index (χ0n) is 13.6. The summed E-state index contributed by atoms with van der Waals surface area (Å²) in [7, 11) is 3.41. The number of nitrogens with zero attached hydrogens (tertiary/aromatic N) is 2. The monoisotopic (exact) mass is 299 g/mol. The van der Waals surface area contributed by atoms with Gasteiger partial charge in [0.2, 0.25) is 5.88 Å². The number of aryl methyl sites for hydroxylation is 1. The number of nitrogens with one attached hydrogen (secondary N) is 1. The summed E-state index contributed by atoms with van der Waals surface area (Å²) in [4.78, 5) is 11.5. The Kier molecular flexibility index (Phi) is 6.02. The summed E-state index contributed by atoms with van der Waals surface area (Å²) in [6.07, 6.45) is -0.661. The molecule has 0 unspecified atom stereocenters. The van der Waals surface area contributed by atoms with Crippen LogP contribution in [0.25, 0.3) is 0 Å². The number of methoxy groups -OCH3 is 1. The first-order valence-electron chi connectivity index (χ1n) is 6.86. The molecule has 0 aliphatic carbocycles. The van der Waals surface area contributed by atoms with Crippen molar-refractivity contribution in [3.8, 4) is 5.88 Å². The topological polar surface area (TPSA) is 74.6 Å². The minimum absolute atomic E-state index is 0.205. The minimum atomic E-state index is -0.509. The van der Waals surface area contributed by atoms with Gasteiger partial charge in [0, 0.05) is 20.2 Å². The minimum Gasteiger partial charge on any atom is -0.473 e. The maximum absolute atomic E-state index is 11.5. The van der Waals surface area contributed by atoms with Crippen molar-refractivity contribution in [2.24, 2.45) is 7.05 Å². The molecule has 0 aliphatic heterocycles. The molecule has 21 heavy (non-hydrogen) atoms. The maximum atomic E-state index is 11.5. The largest absolute Gasteiger partial charge is 0.473 e. The van der Waals surface area contributed by atoms with Crippen molar-refractivity contribution >= 4 is 6.09 Å². The van der Waals surface area contributed by atoms with Crippen LogP contribution >= 0.6 is 0 Å². The third-order valence-electron chi connectivity index (χ3n) is 2.43. The van der Waals surface area contributed by atoms with Crippen molar-refractivity contribution < 1.29 is 19.0 Å². The third-order valence-corrected chi connectivity index (χ3v) is 2.43. The first-order valence-corrected chi connectivity index (χ1v) is 6.86. The van der Waals surface area contributed by atoms with Crippen LogP contribution in [0.15, 0.2) is 6.07 Å². The van der Waals surface area contributed by atoms with Crippen LogP contribution in [0.3, 0.4) is 0 Å². The van der Waals surface area contributed by atoms with Gasteiger partial charge in [-0.3, -0.25) is 0 Å². The summed E-state index contributed by atoms with van der Waals surface area (Å²) in [5, 5.41) is 6.92. The summed E-state index contributed by atoms with van der Waals surface area (Å²) >= 11 is 0. The summed E-state index contributed by atoms with van der Waals surface area (Å²) < 4.78 is 17.5. The molecule has 1 amide bonds. The van der Waals surface area contributed by atoms with E-state index in [4.69, 9.17) is 14.2 Å². The van der Waals surface area contributed by atoms with Gasteiger partial charge in [-0.2, -0.15) is 5.10 Å². The predicted octanol–water partition coefficient (Wildman–Crippen LogP) is 1.86. The second-order valence-electron chi connectivity index (χ2n) is 5.84. The molecule has 0 radical (unpaired) electrons. The quantitative estimate of drug-likeness (QED) is 0.868. The molecule has 120 valence electrons. The van der Waals surface area contributed by atoms with Crippen molar-refractivity contribution in [2.45, 2.75) is 46.0 Å². The van der Waals surface area contributed by atoms with Crippen LogP contribution in [0, 0.1) is 0 Å². The predicted molar refractivity (Wildman–Crippen MR) is 78.2 cm³/mol. The molecule has 0 spiro atoms. The van der Waals surface area contributed by atoms with Gasteiger partial charge in [-0.05, 0) is 27.7 Å². The van der Waals surface area contributed by atoms with Gasteiger partial charge in [-0.15, -0.1) is 0 Å². The van der Waals surface area contributed by atoms with E-state index in [1.807, 2.05) is 33.8 Å². The molecular weight excluding hydrogens is 274 g/mol. The van der Waals surface area contributed by atoms with Crippen LogP contribution in [-0.4, -0.2) is 41.2 Å². The Bertz CT molecular complexity index is 465. The van der Waals surface area contributed by atoms with Crippen molar-refractivity contribution in [1.82, 2.24) is 15.1 Å². The van der Waals surface area contributed by atoms with E-state index in [9.17, 15) is 4.79 Å². The number of hydrogen-bond donors (Lipinski definition) is 1.